The Morgan fingerprint density at radius 2 is 1.69 bits per heavy atom. The van der Waals surface area contributed by atoms with E-state index < -0.39 is 0 Å². The van der Waals surface area contributed by atoms with Crippen LogP contribution in [0.1, 0.15) is 25.7 Å². The molecule has 86 valence electrons. The lowest BCUT2D eigenvalue weighted by Gasteiger charge is -2.52. The van der Waals surface area contributed by atoms with Crippen LogP contribution < -0.4 is 5.32 Å². The third-order valence-corrected chi connectivity index (χ3v) is 4.21. The Morgan fingerprint density at radius 3 is 2.25 bits per heavy atom. The highest BCUT2D eigenvalue weighted by atomic mass is 16.2. The number of piperidine rings is 1. The van der Waals surface area contributed by atoms with Crippen LogP contribution in [0, 0.1) is 5.41 Å². The van der Waals surface area contributed by atoms with Crippen molar-refractivity contribution in [3.63, 3.8) is 0 Å². The molecule has 1 N–H and O–H groups in total. The molecule has 2 heterocycles. The summed E-state index contributed by atoms with van der Waals surface area (Å²) < 4.78 is 0. The van der Waals surface area contributed by atoms with Crippen molar-refractivity contribution >= 4 is 11.8 Å². The highest BCUT2D eigenvalue weighted by Crippen LogP contribution is 2.50. The van der Waals surface area contributed by atoms with E-state index in [9.17, 15) is 9.59 Å². The predicted molar refractivity (Wildman–Crippen MR) is 58.6 cm³/mol. The molecule has 4 nitrogen and oxygen atoms in total. The molecule has 3 rings (SSSR count). The highest BCUT2D eigenvalue weighted by molar-refractivity contribution is 6.13. The van der Waals surface area contributed by atoms with E-state index in [0.717, 1.165) is 25.9 Å². The van der Waals surface area contributed by atoms with Crippen molar-refractivity contribution in [1.82, 2.24) is 10.2 Å². The van der Waals surface area contributed by atoms with Crippen molar-refractivity contribution in [2.75, 3.05) is 13.1 Å². The molecule has 1 aliphatic carbocycles. The third-order valence-electron chi connectivity index (χ3n) is 4.21. The van der Waals surface area contributed by atoms with Gasteiger partial charge in [0.05, 0.1) is 0 Å². The molecule has 2 aliphatic heterocycles. The molecule has 16 heavy (non-hydrogen) atoms. The van der Waals surface area contributed by atoms with Gasteiger partial charge < -0.3 is 5.32 Å². The van der Waals surface area contributed by atoms with Crippen LogP contribution >= 0.6 is 0 Å². The van der Waals surface area contributed by atoms with Crippen molar-refractivity contribution in [2.45, 2.75) is 31.7 Å². The number of hydrogen-bond donors (Lipinski definition) is 1. The second kappa shape index (κ2) is 3.42. The second-order valence-corrected chi connectivity index (χ2v) is 5.19. The average molecular weight is 220 g/mol. The number of carbonyl (C=O) groups excluding carboxylic acids is 2. The van der Waals surface area contributed by atoms with Crippen molar-refractivity contribution in [1.29, 1.82) is 0 Å². The monoisotopic (exact) mass is 220 g/mol. The van der Waals surface area contributed by atoms with Crippen LogP contribution in [-0.4, -0.2) is 35.8 Å². The lowest BCUT2D eigenvalue weighted by molar-refractivity contribution is -0.145. The van der Waals surface area contributed by atoms with Crippen molar-refractivity contribution in [2.24, 2.45) is 5.41 Å². The van der Waals surface area contributed by atoms with Crippen molar-refractivity contribution in [3.8, 4) is 0 Å². The maximum Gasteiger partial charge on any atom is 0.253 e. The predicted octanol–water partition coefficient (Wildman–Crippen LogP) is 0.444. The van der Waals surface area contributed by atoms with Gasteiger partial charge in [0.2, 0.25) is 0 Å². The zero-order valence-corrected chi connectivity index (χ0v) is 9.24. The maximum absolute atomic E-state index is 11.5. The topological polar surface area (TPSA) is 49.4 Å². The van der Waals surface area contributed by atoms with Crippen LogP contribution in [0.2, 0.25) is 0 Å². The Hall–Kier alpha value is -1.16. The van der Waals surface area contributed by atoms with Gasteiger partial charge in [-0.25, -0.2) is 0 Å². The number of hydrogen-bond acceptors (Lipinski definition) is 3. The van der Waals surface area contributed by atoms with Crippen LogP contribution in [0.5, 0.6) is 0 Å². The first-order valence-electron chi connectivity index (χ1n) is 5.96. The highest BCUT2D eigenvalue weighted by Gasteiger charge is 2.49. The fourth-order valence-electron chi connectivity index (χ4n) is 3.26. The molecule has 0 aromatic carbocycles. The molecule has 0 aromatic heterocycles. The fourth-order valence-corrected chi connectivity index (χ4v) is 3.26. The molecule has 0 radical (unpaired) electrons. The van der Waals surface area contributed by atoms with E-state index in [-0.39, 0.29) is 17.9 Å². The van der Waals surface area contributed by atoms with Crippen LogP contribution in [0.15, 0.2) is 12.2 Å². The van der Waals surface area contributed by atoms with Crippen LogP contribution in [0.3, 0.4) is 0 Å². The quantitative estimate of drug-likeness (QED) is 0.652. The first-order chi connectivity index (χ1) is 7.70. The number of imide groups is 1. The van der Waals surface area contributed by atoms with Crippen LogP contribution in [0.25, 0.3) is 0 Å². The SMILES string of the molecule is O=C1C=CC(=O)N1C1CC2(CCNCC2)C1. The molecule has 3 aliphatic rings. The molecule has 1 spiro atoms. The van der Waals surface area contributed by atoms with E-state index in [1.54, 1.807) is 0 Å². The lowest BCUT2D eigenvalue weighted by atomic mass is 9.60. The van der Waals surface area contributed by atoms with Crippen LogP contribution in [-0.2, 0) is 9.59 Å². The zero-order valence-electron chi connectivity index (χ0n) is 9.24. The van der Waals surface area contributed by atoms with Crippen molar-refractivity contribution < 1.29 is 9.59 Å². The average Bonchev–Trinajstić information content (AvgIpc) is 2.57. The minimum Gasteiger partial charge on any atom is -0.317 e. The second-order valence-electron chi connectivity index (χ2n) is 5.19. The summed E-state index contributed by atoms with van der Waals surface area (Å²) in [5.74, 6) is -0.252. The normalized spacial score (nSPS) is 28.9. The summed E-state index contributed by atoms with van der Waals surface area (Å²) in [6.45, 7) is 2.15. The van der Waals surface area contributed by atoms with Gasteiger partial charge in [-0.05, 0) is 44.2 Å². The van der Waals surface area contributed by atoms with E-state index in [1.807, 2.05) is 0 Å². The lowest BCUT2D eigenvalue weighted by Crippen LogP contribution is -2.55. The Bertz CT molecular complexity index is 343. The number of nitrogens with zero attached hydrogens (tertiary/aromatic N) is 1. The smallest absolute Gasteiger partial charge is 0.253 e. The summed E-state index contributed by atoms with van der Waals surface area (Å²) in [5, 5.41) is 3.35. The molecule has 2 fully saturated rings. The summed E-state index contributed by atoms with van der Waals surface area (Å²) in [6, 6.07) is 0.160. The molecule has 4 heteroatoms. The Balaban J connectivity index is 1.64. The van der Waals surface area contributed by atoms with E-state index in [2.05, 4.69) is 5.32 Å². The molecule has 2 amide bonds. The van der Waals surface area contributed by atoms with Crippen molar-refractivity contribution in [3.05, 3.63) is 12.2 Å². The number of nitrogens with one attached hydrogen (secondary N) is 1. The van der Waals surface area contributed by atoms with Gasteiger partial charge in [0.25, 0.3) is 11.8 Å². The molecule has 0 aromatic rings. The van der Waals surface area contributed by atoms with Gasteiger partial charge in [0.1, 0.15) is 0 Å². The summed E-state index contributed by atoms with van der Waals surface area (Å²) in [4.78, 5) is 24.4. The number of rotatable bonds is 1. The van der Waals surface area contributed by atoms with Gasteiger partial charge in [-0.2, -0.15) is 0 Å². The minimum atomic E-state index is -0.126. The maximum atomic E-state index is 11.5. The van der Waals surface area contributed by atoms with Gasteiger partial charge in [-0.3, -0.25) is 14.5 Å². The third kappa shape index (κ3) is 1.40. The molecule has 1 saturated heterocycles. The number of amides is 2. The van der Waals surface area contributed by atoms with Gasteiger partial charge in [-0.15, -0.1) is 0 Å². The fraction of sp³-hybridized carbons (Fsp3) is 0.667. The van der Waals surface area contributed by atoms with Gasteiger partial charge in [-0.1, -0.05) is 0 Å². The molecule has 0 unspecified atom stereocenters. The molecular formula is C12H16N2O2. The number of carbonyl (C=O) groups is 2. The Labute approximate surface area is 94.7 Å². The molecule has 1 saturated carbocycles. The van der Waals surface area contributed by atoms with Gasteiger partial charge in [0, 0.05) is 18.2 Å². The molecule has 0 atom stereocenters. The van der Waals surface area contributed by atoms with Crippen LogP contribution in [0.4, 0.5) is 0 Å². The summed E-state index contributed by atoms with van der Waals surface area (Å²) in [5.41, 5.74) is 0.416. The van der Waals surface area contributed by atoms with Gasteiger partial charge in [0.15, 0.2) is 0 Å². The van der Waals surface area contributed by atoms with E-state index in [0.29, 0.717) is 5.41 Å². The Morgan fingerprint density at radius 1 is 1.12 bits per heavy atom. The minimum absolute atomic E-state index is 0.126. The standard InChI is InChI=1S/C12H16N2O2/c15-10-1-2-11(16)14(10)9-7-12(8-9)3-5-13-6-4-12/h1-2,9,13H,3-8H2. The van der Waals surface area contributed by atoms with Gasteiger partial charge >= 0.3 is 0 Å². The Kier molecular flexibility index (Phi) is 2.14. The first kappa shape index (κ1) is 10.0. The zero-order chi connectivity index (χ0) is 11.2. The largest absolute Gasteiger partial charge is 0.317 e. The summed E-state index contributed by atoms with van der Waals surface area (Å²) >= 11 is 0. The first-order valence-corrected chi connectivity index (χ1v) is 5.96. The molecular weight excluding hydrogens is 204 g/mol. The van der Waals surface area contributed by atoms with E-state index >= 15 is 0 Å². The molecule has 0 bridgehead atoms. The summed E-state index contributed by atoms with van der Waals surface area (Å²) in [6.07, 6.45) is 7.16. The summed E-state index contributed by atoms with van der Waals surface area (Å²) in [7, 11) is 0. The van der Waals surface area contributed by atoms with E-state index in [4.69, 9.17) is 0 Å². The van der Waals surface area contributed by atoms with E-state index in [1.165, 1.54) is 29.9 Å².